The maximum Gasteiger partial charge on any atom is 0.331 e. The highest BCUT2D eigenvalue weighted by Gasteiger charge is 1.98. The number of esters is 2. The standard InChI is InChI=1S/C10H12O4/c1-3-4-5-8-14-10(12)7-6-9(11)13-2/h1,6-7H,4-5,8H2,2H3. The molecule has 4 heteroatoms. The van der Waals surface area contributed by atoms with Crippen LogP contribution in [-0.4, -0.2) is 25.7 Å². The lowest BCUT2D eigenvalue weighted by Crippen LogP contribution is -2.03. The summed E-state index contributed by atoms with van der Waals surface area (Å²) in [6.45, 7) is 0.258. The molecule has 0 aromatic rings. The monoisotopic (exact) mass is 196 g/mol. The summed E-state index contributed by atoms with van der Waals surface area (Å²) in [7, 11) is 1.23. The quantitative estimate of drug-likeness (QED) is 0.281. The molecule has 0 aliphatic rings. The van der Waals surface area contributed by atoms with E-state index in [1.54, 1.807) is 0 Å². The maximum absolute atomic E-state index is 10.9. The Labute approximate surface area is 82.9 Å². The normalized spacial score (nSPS) is 9.43. The molecule has 0 fully saturated rings. The van der Waals surface area contributed by atoms with E-state index in [9.17, 15) is 9.59 Å². The van der Waals surface area contributed by atoms with E-state index >= 15 is 0 Å². The van der Waals surface area contributed by atoms with Gasteiger partial charge in [-0.05, 0) is 6.42 Å². The average Bonchev–Trinajstić information content (AvgIpc) is 2.21. The molecule has 14 heavy (non-hydrogen) atoms. The Bertz CT molecular complexity index is 260. The first-order valence-electron chi connectivity index (χ1n) is 4.07. The van der Waals surface area contributed by atoms with Crippen LogP contribution in [0.25, 0.3) is 0 Å². The maximum atomic E-state index is 10.9. The fourth-order valence-electron chi connectivity index (χ4n) is 0.599. The summed E-state index contributed by atoms with van der Waals surface area (Å²) in [5.74, 6) is 1.25. The van der Waals surface area contributed by atoms with Gasteiger partial charge in [0.2, 0.25) is 0 Å². The molecule has 0 aromatic carbocycles. The summed E-state index contributed by atoms with van der Waals surface area (Å²) in [4.78, 5) is 21.4. The van der Waals surface area contributed by atoms with E-state index < -0.39 is 11.9 Å². The minimum Gasteiger partial charge on any atom is -0.466 e. The molecule has 0 unspecified atom stereocenters. The Balaban J connectivity index is 3.61. The van der Waals surface area contributed by atoms with Crippen molar-refractivity contribution in [3.05, 3.63) is 12.2 Å². The first-order valence-corrected chi connectivity index (χ1v) is 4.07. The van der Waals surface area contributed by atoms with Crippen molar-refractivity contribution < 1.29 is 19.1 Å². The number of carbonyl (C=O) groups is 2. The fourth-order valence-corrected chi connectivity index (χ4v) is 0.599. The van der Waals surface area contributed by atoms with Crippen LogP contribution in [0.3, 0.4) is 0 Å². The van der Waals surface area contributed by atoms with Crippen molar-refractivity contribution in [2.24, 2.45) is 0 Å². The minimum absolute atomic E-state index is 0.258. The fraction of sp³-hybridized carbons (Fsp3) is 0.400. The summed E-state index contributed by atoms with van der Waals surface area (Å²) >= 11 is 0. The zero-order valence-electron chi connectivity index (χ0n) is 7.99. The average molecular weight is 196 g/mol. The van der Waals surface area contributed by atoms with Crippen LogP contribution in [0.2, 0.25) is 0 Å². The zero-order chi connectivity index (χ0) is 10.8. The first kappa shape index (κ1) is 12.2. The number of ether oxygens (including phenoxy) is 2. The second-order valence-electron chi connectivity index (χ2n) is 2.33. The summed E-state index contributed by atoms with van der Waals surface area (Å²) < 4.78 is 8.99. The van der Waals surface area contributed by atoms with Crippen molar-refractivity contribution in [1.82, 2.24) is 0 Å². The number of hydrogen-bond acceptors (Lipinski definition) is 4. The Kier molecular flexibility index (Phi) is 6.88. The van der Waals surface area contributed by atoms with Gasteiger partial charge in [0.1, 0.15) is 0 Å². The van der Waals surface area contributed by atoms with Gasteiger partial charge < -0.3 is 9.47 Å². The molecule has 0 amide bonds. The summed E-state index contributed by atoms with van der Waals surface area (Å²) in [6, 6.07) is 0. The topological polar surface area (TPSA) is 52.6 Å². The SMILES string of the molecule is C#CCCCOC(=O)C=CC(=O)OC. The van der Waals surface area contributed by atoms with Gasteiger partial charge in [-0.3, -0.25) is 0 Å². The summed E-state index contributed by atoms with van der Waals surface area (Å²) in [6.07, 6.45) is 8.20. The largest absolute Gasteiger partial charge is 0.466 e. The summed E-state index contributed by atoms with van der Waals surface area (Å²) in [5.41, 5.74) is 0. The van der Waals surface area contributed by atoms with Crippen LogP contribution in [0.15, 0.2) is 12.2 Å². The molecule has 4 nitrogen and oxygen atoms in total. The lowest BCUT2D eigenvalue weighted by Gasteiger charge is -1.98. The molecule has 76 valence electrons. The number of unbranched alkanes of at least 4 members (excludes halogenated alkanes) is 1. The Morgan fingerprint density at radius 1 is 1.36 bits per heavy atom. The van der Waals surface area contributed by atoms with E-state index in [2.05, 4.69) is 10.7 Å². The third kappa shape index (κ3) is 6.92. The molecule has 0 saturated carbocycles. The van der Waals surface area contributed by atoms with Crippen LogP contribution >= 0.6 is 0 Å². The van der Waals surface area contributed by atoms with E-state index in [-0.39, 0.29) is 6.61 Å². The Hall–Kier alpha value is -1.76. The third-order valence-electron chi connectivity index (χ3n) is 1.27. The Morgan fingerprint density at radius 3 is 2.57 bits per heavy atom. The van der Waals surface area contributed by atoms with Gasteiger partial charge in [0.05, 0.1) is 13.7 Å². The molecule has 0 atom stereocenters. The van der Waals surface area contributed by atoms with Crippen LogP contribution in [0, 0.1) is 12.3 Å². The van der Waals surface area contributed by atoms with E-state index in [0.717, 1.165) is 12.2 Å². The number of terminal acetylenes is 1. The third-order valence-corrected chi connectivity index (χ3v) is 1.27. The van der Waals surface area contributed by atoms with Crippen molar-refractivity contribution >= 4 is 11.9 Å². The van der Waals surface area contributed by atoms with Crippen LogP contribution < -0.4 is 0 Å². The Morgan fingerprint density at radius 2 is 2.00 bits per heavy atom. The molecule has 0 N–H and O–H groups in total. The molecule has 0 heterocycles. The van der Waals surface area contributed by atoms with Gasteiger partial charge >= 0.3 is 11.9 Å². The van der Waals surface area contributed by atoms with Crippen molar-refractivity contribution in [1.29, 1.82) is 0 Å². The van der Waals surface area contributed by atoms with Crippen molar-refractivity contribution in [2.45, 2.75) is 12.8 Å². The van der Waals surface area contributed by atoms with Gasteiger partial charge in [-0.15, -0.1) is 12.3 Å². The van der Waals surface area contributed by atoms with Gasteiger partial charge in [-0.2, -0.15) is 0 Å². The second-order valence-corrected chi connectivity index (χ2v) is 2.33. The highest BCUT2D eigenvalue weighted by Crippen LogP contribution is 1.90. The van der Waals surface area contributed by atoms with Gasteiger partial charge in [0, 0.05) is 18.6 Å². The number of hydrogen-bond donors (Lipinski definition) is 0. The lowest BCUT2D eigenvalue weighted by molar-refractivity contribution is -0.139. The molecule has 0 rings (SSSR count). The smallest absolute Gasteiger partial charge is 0.331 e. The number of carbonyl (C=O) groups excluding carboxylic acids is 2. The van der Waals surface area contributed by atoms with E-state index in [4.69, 9.17) is 11.2 Å². The highest BCUT2D eigenvalue weighted by molar-refractivity contribution is 5.91. The molecule has 0 bridgehead atoms. The predicted octanol–water partition coefficient (Wildman–Crippen LogP) is 0.672. The number of methoxy groups -OCH3 is 1. The lowest BCUT2D eigenvalue weighted by atomic mass is 10.3. The van der Waals surface area contributed by atoms with Gasteiger partial charge in [0.15, 0.2) is 0 Å². The minimum atomic E-state index is -0.592. The highest BCUT2D eigenvalue weighted by atomic mass is 16.5. The van der Waals surface area contributed by atoms with Crippen molar-refractivity contribution in [3.63, 3.8) is 0 Å². The van der Waals surface area contributed by atoms with Crippen LogP contribution in [0.1, 0.15) is 12.8 Å². The first-order chi connectivity index (χ1) is 6.70. The zero-order valence-corrected chi connectivity index (χ0v) is 7.99. The molecule has 0 radical (unpaired) electrons. The molecule has 0 aliphatic heterocycles. The van der Waals surface area contributed by atoms with Gasteiger partial charge in [-0.25, -0.2) is 9.59 Å². The van der Waals surface area contributed by atoms with Crippen molar-refractivity contribution in [3.8, 4) is 12.3 Å². The molecule has 0 aromatic heterocycles. The van der Waals surface area contributed by atoms with Crippen molar-refractivity contribution in [2.75, 3.05) is 13.7 Å². The molecular formula is C10H12O4. The van der Waals surface area contributed by atoms with Gasteiger partial charge in [0.25, 0.3) is 0 Å². The second kappa shape index (κ2) is 7.87. The van der Waals surface area contributed by atoms with Gasteiger partial charge in [-0.1, -0.05) is 0 Å². The molecular weight excluding hydrogens is 184 g/mol. The predicted molar refractivity (Wildman–Crippen MR) is 50.2 cm³/mol. The van der Waals surface area contributed by atoms with E-state index in [0.29, 0.717) is 12.8 Å². The van der Waals surface area contributed by atoms with Crippen LogP contribution in [0.4, 0.5) is 0 Å². The van der Waals surface area contributed by atoms with E-state index in [1.165, 1.54) is 7.11 Å². The van der Waals surface area contributed by atoms with Crippen LogP contribution in [0.5, 0.6) is 0 Å². The van der Waals surface area contributed by atoms with E-state index in [1.807, 2.05) is 0 Å². The molecule has 0 saturated heterocycles. The van der Waals surface area contributed by atoms with Crippen LogP contribution in [-0.2, 0) is 19.1 Å². The molecule has 0 aliphatic carbocycles. The molecule has 0 spiro atoms. The summed E-state index contributed by atoms with van der Waals surface area (Å²) in [5, 5.41) is 0. The number of rotatable bonds is 5.